The molecular weight excluding hydrogens is 264 g/mol. The van der Waals surface area contributed by atoms with Crippen molar-refractivity contribution in [3.63, 3.8) is 0 Å². The summed E-state index contributed by atoms with van der Waals surface area (Å²) in [6.45, 7) is 4.14. The first-order chi connectivity index (χ1) is 9.49. The van der Waals surface area contributed by atoms with Gasteiger partial charge in [-0.15, -0.1) is 0 Å². The van der Waals surface area contributed by atoms with Crippen molar-refractivity contribution in [2.24, 2.45) is 0 Å². The van der Waals surface area contributed by atoms with Gasteiger partial charge >= 0.3 is 5.97 Å². The van der Waals surface area contributed by atoms with Crippen LogP contribution in [0, 0.1) is 13.8 Å². The van der Waals surface area contributed by atoms with E-state index in [9.17, 15) is 9.59 Å². The number of carboxylic acid groups (broad SMARTS) is 1. The van der Waals surface area contributed by atoms with E-state index in [1.807, 2.05) is 0 Å². The third-order valence-corrected chi connectivity index (χ3v) is 2.77. The molecule has 0 saturated heterocycles. The van der Waals surface area contributed by atoms with Gasteiger partial charge in [0.2, 0.25) is 0 Å². The van der Waals surface area contributed by atoms with E-state index < -0.39 is 5.97 Å². The Labute approximate surface area is 114 Å². The standard InChI is InChI=1S/C12H14N4O4/c1-7-10(8(2)20-15-7)11(17)13-3-4-16-5-9(12(18)19)14-6-16/h5-6H,3-4H2,1-2H3,(H,13,17)(H,18,19). The number of amides is 1. The summed E-state index contributed by atoms with van der Waals surface area (Å²) in [5, 5.41) is 15.2. The Morgan fingerprint density at radius 1 is 1.45 bits per heavy atom. The van der Waals surface area contributed by atoms with Crippen LogP contribution in [0.15, 0.2) is 17.0 Å². The molecule has 8 nitrogen and oxygen atoms in total. The summed E-state index contributed by atoms with van der Waals surface area (Å²) in [7, 11) is 0. The van der Waals surface area contributed by atoms with E-state index in [1.54, 1.807) is 18.4 Å². The number of nitrogens with zero attached hydrogens (tertiary/aromatic N) is 3. The zero-order valence-corrected chi connectivity index (χ0v) is 11.1. The molecule has 8 heteroatoms. The molecular formula is C12H14N4O4. The van der Waals surface area contributed by atoms with Crippen molar-refractivity contribution in [1.82, 2.24) is 20.0 Å². The molecule has 2 aromatic heterocycles. The molecule has 1 amide bonds. The second-order valence-electron chi connectivity index (χ2n) is 4.26. The van der Waals surface area contributed by atoms with Crippen LogP contribution in [-0.4, -0.2) is 38.2 Å². The number of nitrogens with one attached hydrogen (secondary N) is 1. The average Bonchev–Trinajstić information content (AvgIpc) is 2.97. The highest BCUT2D eigenvalue weighted by molar-refractivity contribution is 5.96. The predicted octanol–water partition coefficient (Wildman–Crippen LogP) is 0.616. The summed E-state index contributed by atoms with van der Waals surface area (Å²) < 4.78 is 6.51. The molecule has 0 fully saturated rings. The molecule has 0 aromatic carbocycles. The molecule has 0 unspecified atom stereocenters. The van der Waals surface area contributed by atoms with Crippen LogP contribution in [0.4, 0.5) is 0 Å². The van der Waals surface area contributed by atoms with Crippen LogP contribution in [0.2, 0.25) is 0 Å². The fraction of sp³-hybridized carbons (Fsp3) is 0.333. The number of aromatic nitrogens is 3. The van der Waals surface area contributed by atoms with E-state index in [0.717, 1.165) is 0 Å². The monoisotopic (exact) mass is 278 g/mol. The normalized spacial score (nSPS) is 10.5. The van der Waals surface area contributed by atoms with Gasteiger partial charge in [0.25, 0.3) is 5.91 Å². The van der Waals surface area contributed by atoms with E-state index in [2.05, 4.69) is 15.5 Å². The SMILES string of the molecule is Cc1noc(C)c1C(=O)NCCn1cnc(C(=O)O)c1. The molecule has 2 heterocycles. The van der Waals surface area contributed by atoms with E-state index in [0.29, 0.717) is 30.1 Å². The fourth-order valence-electron chi connectivity index (χ4n) is 1.79. The number of carbonyl (C=O) groups excluding carboxylic acids is 1. The summed E-state index contributed by atoms with van der Waals surface area (Å²) in [6, 6.07) is 0. The third kappa shape index (κ3) is 2.85. The lowest BCUT2D eigenvalue weighted by Crippen LogP contribution is -2.27. The maximum atomic E-state index is 11.9. The largest absolute Gasteiger partial charge is 0.476 e. The molecule has 2 rings (SSSR count). The summed E-state index contributed by atoms with van der Waals surface area (Å²) in [5.41, 5.74) is 0.944. The van der Waals surface area contributed by atoms with Gasteiger partial charge in [-0.25, -0.2) is 9.78 Å². The molecule has 2 N–H and O–H groups in total. The minimum absolute atomic E-state index is 0.0259. The number of carbonyl (C=O) groups is 2. The molecule has 0 aliphatic heterocycles. The van der Waals surface area contributed by atoms with Crippen molar-refractivity contribution < 1.29 is 19.2 Å². The van der Waals surface area contributed by atoms with Crippen LogP contribution in [0.1, 0.15) is 32.3 Å². The minimum Gasteiger partial charge on any atom is -0.476 e. The van der Waals surface area contributed by atoms with E-state index in [4.69, 9.17) is 9.63 Å². The Hall–Kier alpha value is -2.64. The number of hydrogen-bond donors (Lipinski definition) is 2. The van der Waals surface area contributed by atoms with Gasteiger partial charge in [-0.2, -0.15) is 0 Å². The second kappa shape index (κ2) is 5.55. The smallest absolute Gasteiger partial charge is 0.356 e. The van der Waals surface area contributed by atoms with Crippen LogP contribution in [-0.2, 0) is 6.54 Å². The van der Waals surface area contributed by atoms with Crippen molar-refractivity contribution in [3.05, 3.63) is 35.2 Å². The van der Waals surface area contributed by atoms with Gasteiger partial charge in [-0.05, 0) is 13.8 Å². The molecule has 0 bridgehead atoms. The molecule has 20 heavy (non-hydrogen) atoms. The fourth-order valence-corrected chi connectivity index (χ4v) is 1.79. The lowest BCUT2D eigenvalue weighted by Gasteiger charge is -2.05. The van der Waals surface area contributed by atoms with Crippen molar-refractivity contribution in [2.75, 3.05) is 6.54 Å². The molecule has 106 valence electrons. The summed E-state index contributed by atoms with van der Waals surface area (Å²) >= 11 is 0. The van der Waals surface area contributed by atoms with Crippen molar-refractivity contribution >= 4 is 11.9 Å². The highest BCUT2D eigenvalue weighted by Crippen LogP contribution is 2.11. The van der Waals surface area contributed by atoms with Crippen LogP contribution in [0.25, 0.3) is 0 Å². The first-order valence-electron chi connectivity index (χ1n) is 5.95. The van der Waals surface area contributed by atoms with Gasteiger partial charge in [0, 0.05) is 19.3 Å². The van der Waals surface area contributed by atoms with Gasteiger partial charge in [-0.1, -0.05) is 5.16 Å². The van der Waals surface area contributed by atoms with Gasteiger partial charge in [0.1, 0.15) is 11.3 Å². The maximum Gasteiger partial charge on any atom is 0.356 e. The Morgan fingerprint density at radius 2 is 2.20 bits per heavy atom. The Morgan fingerprint density at radius 3 is 2.75 bits per heavy atom. The quantitative estimate of drug-likeness (QED) is 0.829. The summed E-state index contributed by atoms with van der Waals surface area (Å²) in [4.78, 5) is 26.3. The molecule has 0 aliphatic carbocycles. The van der Waals surface area contributed by atoms with E-state index in [-0.39, 0.29) is 11.6 Å². The van der Waals surface area contributed by atoms with Gasteiger partial charge in [-0.3, -0.25) is 4.79 Å². The molecule has 2 aromatic rings. The number of rotatable bonds is 5. The van der Waals surface area contributed by atoms with E-state index >= 15 is 0 Å². The van der Waals surface area contributed by atoms with Crippen LogP contribution in [0.3, 0.4) is 0 Å². The topological polar surface area (TPSA) is 110 Å². The van der Waals surface area contributed by atoms with E-state index in [1.165, 1.54) is 12.5 Å². The third-order valence-electron chi connectivity index (χ3n) is 2.77. The molecule has 0 atom stereocenters. The van der Waals surface area contributed by atoms with Gasteiger partial charge in [0.05, 0.1) is 12.0 Å². The van der Waals surface area contributed by atoms with Crippen LogP contribution < -0.4 is 5.32 Å². The summed E-state index contributed by atoms with van der Waals surface area (Å²) in [6.07, 6.45) is 2.82. The number of aromatic carboxylic acids is 1. The number of imidazole rings is 1. The van der Waals surface area contributed by atoms with Gasteiger partial charge in [0.15, 0.2) is 5.69 Å². The molecule has 0 aliphatic rings. The average molecular weight is 278 g/mol. The zero-order valence-electron chi connectivity index (χ0n) is 11.1. The van der Waals surface area contributed by atoms with Crippen molar-refractivity contribution in [1.29, 1.82) is 0 Å². The van der Waals surface area contributed by atoms with Crippen molar-refractivity contribution in [2.45, 2.75) is 20.4 Å². The highest BCUT2D eigenvalue weighted by Gasteiger charge is 2.16. The predicted molar refractivity (Wildman–Crippen MR) is 67.5 cm³/mol. The molecule has 0 spiro atoms. The first kappa shape index (κ1) is 13.8. The summed E-state index contributed by atoms with van der Waals surface area (Å²) in [5.74, 6) is -0.876. The Bertz CT molecular complexity index is 624. The van der Waals surface area contributed by atoms with Crippen molar-refractivity contribution in [3.8, 4) is 0 Å². The highest BCUT2D eigenvalue weighted by atomic mass is 16.5. The number of carboxylic acids is 1. The first-order valence-corrected chi connectivity index (χ1v) is 5.95. The molecule has 0 saturated carbocycles. The van der Waals surface area contributed by atoms with Crippen LogP contribution >= 0.6 is 0 Å². The van der Waals surface area contributed by atoms with Crippen LogP contribution in [0.5, 0.6) is 0 Å². The minimum atomic E-state index is -1.08. The van der Waals surface area contributed by atoms with Gasteiger partial charge < -0.3 is 19.5 Å². The maximum absolute atomic E-state index is 11.9. The lowest BCUT2D eigenvalue weighted by atomic mass is 10.2. The number of aryl methyl sites for hydroxylation is 2. The Kier molecular flexibility index (Phi) is 3.83. The number of hydrogen-bond acceptors (Lipinski definition) is 5. The molecule has 0 radical (unpaired) electrons. The lowest BCUT2D eigenvalue weighted by molar-refractivity contribution is 0.0690. The Balaban J connectivity index is 1.89. The second-order valence-corrected chi connectivity index (χ2v) is 4.26. The zero-order chi connectivity index (χ0) is 14.7.